The number of hydrogen-bond donors (Lipinski definition) is 1. The van der Waals surface area contributed by atoms with E-state index in [1.807, 2.05) is 30.3 Å². The third-order valence-electron chi connectivity index (χ3n) is 4.55. The number of benzene rings is 2. The van der Waals surface area contributed by atoms with Crippen molar-refractivity contribution in [2.45, 2.75) is 0 Å². The highest BCUT2D eigenvalue weighted by Crippen LogP contribution is 2.29. The number of nitrogens with zero attached hydrogens (tertiary/aromatic N) is 1. The monoisotopic (exact) mass is 396 g/mol. The van der Waals surface area contributed by atoms with Gasteiger partial charge in [0.1, 0.15) is 0 Å². The molecule has 27 heavy (non-hydrogen) atoms. The molecule has 0 fully saturated rings. The SMILES string of the molecule is NCC(=O)c1cc(C(=O)c2ccc(Cl)cc2Cl)n2ccc3ccccc3c12. The van der Waals surface area contributed by atoms with Gasteiger partial charge in [-0.1, -0.05) is 47.5 Å². The normalized spacial score (nSPS) is 11.2. The Bertz CT molecular complexity index is 1230. The Morgan fingerprint density at radius 1 is 0.963 bits per heavy atom. The largest absolute Gasteiger partial charge is 0.324 e. The van der Waals surface area contributed by atoms with Gasteiger partial charge in [0.15, 0.2) is 5.78 Å². The fraction of sp³-hybridized carbons (Fsp3) is 0.0476. The zero-order chi connectivity index (χ0) is 19.1. The molecule has 0 bridgehead atoms. The maximum atomic E-state index is 13.2. The van der Waals surface area contributed by atoms with Gasteiger partial charge in [0.05, 0.1) is 22.8 Å². The molecule has 0 aliphatic rings. The molecule has 4 aromatic rings. The third kappa shape index (κ3) is 2.92. The maximum absolute atomic E-state index is 13.2. The van der Waals surface area contributed by atoms with E-state index in [0.717, 1.165) is 10.8 Å². The van der Waals surface area contributed by atoms with Gasteiger partial charge < -0.3 is 10.1 Å². The smallest absolute Gasteiger partial charge is 0.211 e. The molecule has 2 aromatic carbocycles. The summed E-state index contributed by atoms with van der Waals surface area (Å²) in [4.78, 5) is 25.6. The lowest BCUT2D eigenvalue weighted by Crippen LogP contribution is -2.13. The molecular weight excluding hydrogens is 383 g/mol. The minimum absolute atomic E-state index is 0.141. The van der Waals surface area contributed by atoms with Crippen LogP contribution >= 0.6 is 23.2 Å². The lowest BCUT2D eigenvalue weighted by Gasteiger charge is -2.07. The van der Waals surface area contributed by atoms with Crippen LogP contribution in [-0.4, -0.2) is 22.5 Å². The molecular formula is C21H14Cl2N2O2. The fourth-order valence-corrected chi connectivity index (χ4v) is 3.77. The summed E-state index contributed by atoms with van der Waals surface area (Å²) in [6.07, 6.45) is 1.78. The summed E-state index contributed by atoms with van der Waals surface area (Å²) >= 11 is 12.1. The van der Waals surface area contributed by atoms with Crippen molar-refractivity contribution in [3.63, 3.8) is 0 Å². The van der Waals surface area contributed by atoms with Gasteiger partial charge in [-0.3, -0.25) is 9.59 Å². The van der Waals surface area contributed by atoms with Crippen LogP contribution in [0.15, 0.2) is 60.8 Å². The van der Waals surface area contributed by atoms with Crippen LogP contribution in [0.1, 0.15) is 26.4 Å². The number of rotatable bonds is 4. The molecule has 4 nitrogen and oxygen atoms in total. The molecule has 0 aliphatic heterocycles. The zero-order valence-corrected chi connectivity index (χ0v) is 15.6. The molecule has 0 atom stereocenters. The second kappa shape index (κ2) is 6.82. The lowest BCUT2D eigenvalue weighted by atomic mass is 10.1. The minimum Gasteiger partial charge on any atom is -0.324 e. The van der Waals surface area contributed by atoms with Crippen LogP contribution in [0.25, 0.3) is 16.3 Å². The van der Waals surface area contributed by atoms with Gasteiger partial charge in [-0.15, -0.1) is 0 Å². The summed E-state index contributed by atoms with van der Waals surface area (Å²) in [5.74, 6) is -0.525. The number of carbonyl (C=O) groups excluding carboxylic acids is 2. The van der Waals surface area contributed by atoms with E-state index >= 15 is 0 Å². The number of hydrogen-bond acceptors (Lipinski definition) is 3. The van der Waals surface area contributed by atoms with Gasteiger partial charge in [-0.25, -0.2) is 0 Å². The van der Waals surface area contributed by atoms with Crippen LogP contribution in [0.5, 0.6) is 0 Å². The van der Waals surface area contributed by atoms with E-state index in [4.69, 9.17) is 28.9 Å². The van der Waals surface area contributed by atoms with E-state index in [9.17, 15) is 9.59 Å². The topological polar surface area (TPSA) is 64.6 Å². The Balaban J connectivity index is 2.03. The molecule has 0 aliphatic carbocycles. The fourth-order valence-electron chi connectivity index (χ4n) is 3.28. The van der Waals surface area contributed by atoms with Crippen LogP contribution in [-0.2, 0) is 0 Å². The molecule has 6 heteroatoms. The van der Waals surface area contributed by atoms with Gasteiger partial charge in [0.25, 0.3) is 0 Å². The highest BCUT2D eigenvalue weighted by Gasteiger charge is 2.22. The van der Waals surface area contributed by atoms with E-state index in [0.29, 0.717) is 27.4 Å². The van der Waals surface area contributed by atoms with Crippen molar-refractivity contribution >= 4 is 51.1 Å². The van der Waals surface area contributed by atoms with Gasteiger partial charge in [0, 0.05) is 27.7 Å². The minimum atomic E-state index is -0.294. The molecule has 0 amide bonds. The van der Waals surface area contributed by atoms with E-state index in [1.165, 1.54) is 6.07 Å². The highest BCUT2D eigenvalue weighted by atomic mass is 35.5. The summed E-state index contributed by atoms with van der Waals surface area (Å²) in [5, 5.41) is 2.55. The molecule has 2 N–H and O–H groups in total. The van der Waals surface area contributed by atoms with Crippen molar-refractivity contribution in [1.29, 1.82) is 0 Å². The summed E-state index contributed by atoms with van der Waals surface area (Å²) in [7, 11) is 0. The predicted molar refractivity (Wildman–Crippen MR) is 108 cm³/mol. The second-order valence-electron chi connectivity index (χ2n) is 6.15. The molecule has 0 saturated carbocycles. The summed E-state index contributed by atoms with van der Waals surface area (Å²) in [6, 6.07) is 15.9. The van der Waals surface area contributed by atoms with Crippen molar-refractivity contribution in [3.05, 3.63) is 87.7 Å². The van der Waals surface area contributed by atoms with E-state index in [2.05, 4.69) is 0 Å². The average molecular weight is 397 g/mol. The number of carbonyl (C=O) groups is 2. The molecule has 134 valence electrons. The Morgan fingerprint density at radius 3 is 2.48 bits per heavy atom. The molecule has 0 saturated heterocycles. The van der Waals surface area contributed by atoms with E-state index in [-0.39, 0.29) is 23.1 Å². The van der Waals surface area contributed by atoms with Crippen molar-refractivity contribution in [2.75, 3.05) is 6.54 Å². The van der Waals surface area contributed by atoms with Crippen molar-refractivity contribution < 1.29 is 9.59 Å². The maximum Gasteiger partial charge on any atom is 0.211 e. The number of ketones is 2. The Labute approximate surface area is 165 Å². The first-order valence-electron chi connectivity index (χ1n) is 8.27. The molecule has 0 spiro atoms. The van der Waals surface area contributed by atoms with Crippen LogP contribution in [0.3, 0.4) is 0 Å². The van der Waals surface area contributed by atoms with Gasteiger partial charge in [0.2, 0.25) is 5.78 Å². The first-order valence-corrected chi connectivity index (χ1v) is 9.02. The molecule has 4 rings (SSSR count). The van der Waals surface area contributed by atoms with E-state index < -0.39 is 0 Å². The van der Waals surface area contributed by atoms with E-state index in [1.54, 1.807) is 28.8 Å². The molecule has 0 radical (unpaired) electrons. The van der Waals surface area contributed by atoms with Crippen molar-refractivity contribution in [2.24, 2.45) is 5.73 Å². The number of fused-ring (bicyclic) bond motifs is 3. The predicted octanol–water partition coefficient (Wildman–Crippen LogP) is 4.77. The van der Waals surface area contributed by atoms with Gasteiger partial charge >= 0.3 is 0 Å². The van der Waals surface area contributed by atoms with Crippen LogP contribution in [0.4, 0.5) is 0 Å². The zero-order valence-electron chi connectivity index (χ0n) is 14.1. The van der Waals surface area contributed by atoms with Crippen molar-refractivity contribution in [1.82, 2.24) is 4.40 Å². The van der Waals surface area contributed by atoms with Crippen LogP contribution in [0.2, 0.25) is 10.0 Å². The number of Topliss-reactive ketones (excluding diaryl/α,β-unsaturated/α-hetero) is 1. The third-order valence-corrected chi connectivity index (χ3v) is 5.10. The van der Waals surface area contributed by atoms with Crippen LogP contribution in [0, 0.1) is 0 Å². The lowest BCUT2D eigenvalue weighted by molar-refractivity contribution is 0.100. The van der Waals surface area contributed by atoms with Crippen molar-refractivity contribution in [3.8, 4) is 0 Å². The van der Waals surface area contributed by atoms with Gasteiger partial charge in [-0.2, -0.15) is 0 Å². The standard InChI is InChI=1S/C21H14Cl2N2O2/c22-13-5-6-15(17(23)9-13)21(27)18-10-16(19(26)11-24)20-14-4-2-1-3-12(14)7-8-25(18)20/h1-10H,11,24H2. The Hall–Kier alpha value is -2.66. The molecule has 0 unspecified atom stereocenters. The summed E-state index contributed by atoms with van der Waals surface area (Å²) in [5.41, 5.74) is 7.34. The molecule has 2 heterocycles. The number of aromatic nitrogens is 1. The number of halogens is 2. The summed E-state index contributed by atoms with van der Waals surface area (Å²) in [6.45, 7) is -0.141. The quantitative estimate of drug-likeness (QED) is 0.505. The Kier molecular flexibility index (Phi) is 4.48. The molecule has 2 aromatic heterocycles. The number of nitrogens with two attached hydrogens (primary N) is 1. The highest BCUT2D eigenvalue weighted by molar-refractivity contribution is 6.37. The first kappa shape index (κ1) is 17.7. The average Bonchev–Trinajstić information content (AvgIpc) is 3.07. The summed E-state index contributed by atoms with van der Waals surface area (Å²) < 4.78 is 1.72. The number of pyridine rings is 1. The first-order chi connectivity index (χ1) is 13.0. The Morgan fingerprint density at radius 2 is 1.74 bits per heavy atom. The van der Waals surface area contributed by atoms with Gasteiger partial charge in [-0.05, 0) is 35.7 Å². The second-order valence-corrected chi connectivity index (χ2v) is 6.99. The van der Waals surface area contributed by atoms with Crippen LogP contribution < -0.4 is 5.73 Å².